The number of hydrogen-bond acceptors (Lipinski definition) is 16. The molecule has 17 heteroatoms. The number of aromatic hydroxyl groups is 4. The number of fused-ring (bicyclic) bond motifs is 1. The van der Waals surface area contributed by atoms with Gasteiger partial charge < -0.3 is 80.2 Å². The van der Waals surface area contributed by atoms with Crippen molar-refractivity contribution in [3.05, 3.63) is 30.3 Å². The summed E-state index contributed by atoms with van der Waals surface area (Å²) in [7, 11) is 0. The van der Waals surface area contributed by atoms with Crippen molar-refractivity contribution in [1.29, 1.82) is 0 Å². The molecular formula is C27H31O17+. The summed E-state index contributed by atoms with van der Waals surface area (Å²) < 4.78 is 28.2. The second-order valence-electron chi connectivity index (χ2n) is 10.3. The lowest BCUT2D eigenvalue weighted by Gasteiger charge is -2.39. The third kappa shape index (κ3) is 5.73. The Balaban J connectivity index is 1.63. The third-order valence-corrected chi connectivity index (χ3v) is 7.32. The standard InChI is InChI=1S/C27H30O17/c28-6-16-19(34)21(36)23(38)26(43-16)41-14-4-9(30)3-13-10(14)5-15(25(40-13)8-1-11(31)18(33)12(32)2-8)42-27-24(39)22(37)20(35)17(7-29)44-27/h1-5,16-17,19-24,26-29,34-39H,6-7H2,(H3-,30,31,32,33)/p+1. The highest BCUT2D eigenvalue weighted by Gasteiger charge is 2.47. The zero-order valence-corrected chi connectivity index (χ0v) is 22.5. The maximum atomic E-state index is 10.6. The maximum Gasteiger partial charge on any atom is 0.402 e. The zero-order valence-electron chi connectivity index (χ0n) is 22.5. The lowest BCUT2D eigenvalue weighted by molar-refractivity contribution is -0.277. The first-order chi connectivity index (χ1) is 20.8. The number of hydrogen-bond donors (Lipinski definition) is 12. The fourth-order valence-electron chi connectivity index (χ4n) is 4.87. The smallest absolute Gasteiger partial charge is 0.402 e. The van der Waals surface area contributed by atoms with E-state index >= 15 is 0 Å². The Hall–Kier alpha value is -3.75. The predicted molar refractivity (Wildman–Crippen MR) is 142 cm³/mol. The van der Waals surface area contributed by atoms with Crippen LogP contribution in [0.1, 0.15) is 0 Å². The summed E-state index contributed by atoms with van der Waals surface area (Å²) in [6.45, 7) is -1.51. The van der Waals surface area contributed by atoms with Gasteiger partial charge in [0.1, 0.15) is 65.7 Å². The first kappa shape index (κ1) is 31.7. The van der Waals surface area contributed by atoms with Gasteiger partial charge in [-0.1, -0.05) is 0 Å². The second-order valence-corrected chi connectivity index (χ2v) is 10.3. The van der Waals surface area contributed by atoms with Gasteiger partial charge in [-0.2, -0.15) is 0 Å². The van der Waals surface area contributed by atoms with Gasteiger partial charge in [-0.3, -0.25) is 0 Å². The van der Waals surface area contributed by atoms with E-state index in [9.17, 15) is 61.3 Å². The van der Waals surface area contributed by atoms with Gasteiger partial charge in [-0.25, -0.2) is 4.42 Å². The van der Waals surface area contributed by atoms with Gasteiger partial charge in [0.05, 0.1) is 24.8 Å². The molecule has 2 fully saturated rings. The van der Waals surface area contributed by atoms with Crippen molar-refractivity contribution >= 4 is 11.0 Å². The predicted octanol–water partition coefficient (Wildman–Crippen LogP) is -2.44. The van der Waals surface area contributed by atoms with Crippen molar-refractivity contribution in [3.8, 4) is 45.8 Å². The van der Waals surface area contributed by atoms with Crippen LogP contribution >= 0.6 is 0 Å². The molecule has 1 aromatic heterocycles. The van der Waals surface area contributed by atoms with Crippen LogP contribution in [0, 0.1) is 0 Å². The number of ether oxygens (including phenoxy) is 4. The fourth-order valence-corrected chi connectivity index (χ4v) is 4.87. The van der Waals surface area contributed by atoms with Crippen LogP contribution in [-0.2, 0) is 9.47 Å². The molecule has 2 aliphatic rings. The van der Waals surface area contributed by atoms with Crippen molar-refractivity contribution in [1.82, 2.24) is 0 Å². The summed E-state index contributed by atoms with van der Waals surface area (Å²) in [6.07, 6.45) is -16.8. The second kappa shape index (κ2) is 12.3. The minimum Gasteiger partial charge on any atom is -0.507 e. The molecule has 10 unspecified atom stereocenters. The summed E-state index contributed by atoms with van der Waals surface area (Å²) in [5.74, 6) is -3.72. The van der Waals surface area contributed by atoms with Crippen molar-refractivity contribution in [2.75, 3.05) is 13.2 Å². The molecule has 44 heavy (non-hydrogen) atoms. The third-order valence-electron chi connectivity index (χ3n) is 7.32. The molecule has 0 spiro atoms. The Kier molecular flexibility index (Phi) is 8.87. The molecule has 2 aromatic carbocycles. The number of phenols is 4. The molecule has 0 radical (unpaired) electrons. The van der Waals surface area contributed by atoms with Crippen molar-refractivity contribution < 1.29 is 84.6 Å². The number of rotatable bonds is 7. The molecule has 12 N–H and O–H groups in total. The highest BCUT2D eigenvalue weighted by atomic mass is 16.7. The van der Waals surface area contributed by atoms with E-state index < -0.39 is 97.6 Å². The monoisotopic (exact) mass is 627 g/mol. The number of aliphatic hydroxyl groups is 8. The number of phenolic OH excluding ortho intramolecular Hbond substituents is 4. The van der Waals surface area contributed by atoms with Crippen LogP contribution in [-0.4, -0.2) is 136 Å². The SMILES string of the molecule is OCC1OC(Oc2cc3c(OC4OC(CO)C(O)C(O)C4O)cc(O)cc3[o+]c2-c2cc(O)c(O)c(O)c2)C(O)C(O)C1O. The van der Waals surface area contributed by atoms with Gasteiger partial charge in [0.25, 0.3) is 0 Å². The molecule has 0 saturated carbocycles. The topological polar surface area (TPSA) is 291 Å². The Labute approximate surface area is 246 Å². The molecule has 17 nitrogen and oxygen atoms in total. The van der Waals surface area contributed by atoms with Gasteiger partial charge in [0.15, 0.2) is 17.2 Å². The minimum absolute atomic E-state index is 0.0182. The van der Waals surface area contributed by atoms with Crippen LogP contribution in [0.5, 0.6) is 34.5 Å². The maximum absolute atomic E-state index is 10.6. The number of benzene rings is 2. The van der Waals surface area contributed by atoms with E-state index in [4.69, 9.17) is 23.4 Å². The summed E-state index contributed by atoms with van der Waals surface area (Å²) in [4.78, 5) is 0. The van der Waals surface area contributed by atoms with Gasteiger partial charge in [-0.15, -0.1) is 0 Å². The normalized spacial score (nSPS) is 32.5. The van der Waals surface area contributed by atoms with E-state index in [1.807, 2.05) is 0 Å². The highest BCUT2D eigenvalue weighted by Crippen LogP contribution is 2.45. The molecule has 3 aromatic rings. The van der Waals surface area contributed by atoms with E-state index in [0.717, 1.165) is 24.3 Å². The van der Waals surface area contributed by atoms with Gasteiger partial charge in [0.2, 0.25) is 18.3 Å². The molecule has 3 heterocycles. The van der Waals surface area contributed by atoms with E-state index in [1.54, 1.807) is 0 Å². The van der Waals surface area contributed by atoms with Crippen LogP contribution in [0.2, 0.25) is 0 Å². The minimum atomic E-state index is -1.87. The van der Waals surface area contributed by atoms with Crippen LogP contribution in [0.25, 0.3) is 22.3 Å². The largest absolute Gasteiger partial charge is 0.507 e. The zero-order chi connectivity index (χ0) is 32.0. The van der Waals surface area contributed by atoms with Crippen molar-refractivity contribution in [3.63, 3.8) is 0 Å². The Morgan fingerprint density at radius 2 is 1.11 bits per heavy atom. The van der Waals surface area contributed by atoms with Crippen LogP contribution in [0.3, 0.4) is 0 Å². The Morgan fingerprint density at radius 1 is 0.614 bits per heavy atom. The Bertz CT molecular complexity index is 1470. The van der Waals surface area contributed by atoms with Gasteiger partial charge >= 0.3 is 11.3 Å². The summed E-state index contributed by atoms with van der Waals surface area (Å²) in [5.41, 5.74) is -0.258. The van der Waals surface area contributed by atoms with E-state index in [2.05, 4.69) is 0 Å². The summed E-state index contributed by atoms with van der Waals surface area (Å²) in [5, 5.41) is 121. The van der Waals surface area contributed by atoms with Crippen molar-refractivity contribution in [2.24, 2.45) is 0 Å². The fraction of sp³-hybridized carbons (Fsp3) is 0.444. The molecular weight excluding hydrogens is 596 g/mol. The first-order valence-electron chi connectivity index (χ1n) is 13.2. The van der Waals surface area contributed by atoms with Crippen LogP contribution in [0.15, 0.2) is 34.7 Å². The van der Waals surface area contributed by atoms with E-state index in [-0.39, 0.29) is 33.8 Å². The highest BCUT2D eigenvalue weighted by molar-refractivity contribution is 5.89. The number of aliphatic hydroxyl groups excluding tert-OH is 8. The molecule has 0 bridgehead atoms. The molecule has 240 valence electrons. The van der Waals surface area contributed by atoms with Gasteiger partial charge in [0, 0.05) is 24.3 Å². The molecule has 10 atom stereocenters. The van der Waals surface area contributed by atoms with Crippen molar-refractivity contribution in [2.45, 2.75) is 61.4 Å². The quantitative estimate of drug-likeness (QED) is 0.0956. The van der Waals surface area contributed by atoms with Crippen LogP contribution < -0.4 is 9.47 Å². The van der Waals surface area contributed by atoms with Crippen LogP contribution in [0.4, 0.5) is 0 Å². The van der Waals surface area contributed by atoms with E-state index in [1.165, 1.54) is 6.07 Å². The molecule has 2 saturated heterocycles. The van der Waals surface area contributed by atoms with E-state index in [0.29, 0.717) is 0 Å². The summed E-state index contributed by atoms with van der Waals surface area (Å²) >= 11 is 0. The first-order valence-corrected chi connectivity index (χ1v) is 13.2. The average Bonchev–Trinajstić information content (AvgIpc) is 2.99. The summed E-state index contributed by atoms with van der Waals surface area (Å²) in [6, 6.07) is 5.35. The molecule has 5 rings (SSSR count). The average molecular weight is 628 g/mol. The molecule has 2 aliphatic heterocycles. The Morgan fingerprint density at radius 3 is 1.61 bits per heavy atom. The van der Waals surface area contributed by atoms with Gasteiger partial charge in [-0.05, 0) is 0 Å². The molecule has 0 amide bonds. The molecule has 0 aliphatic carbocycles. The lowest BCUT2D eigenvalue weighted by atomic mass is 9.99. The lowest BCUT2D eigenvalue weighted by Crippen LogP contribution is -2.60.